The van der Waals surface area contributed by atoms with Crippen LogP contribution in [0.3, 0.4) is 0 Å². The third kappa shape index (κ3) is 4.63. The number of hydrogen-bond acceptors (Lipinski definition) is 3. The zero-order valence-corrected chi connectivity index (χ0v) is 14.9. The van der Waals surface area contributed by atoms with E-state index in [9.17, 15) is 0 Å². The highest BCUT2D eigenvalue weighted by molar-refractivity contribution is 5.79. The van der Waals surface area contributed by atoms with Crippen molar-refractivity contribution in [3.8, 4) is 5.75 Å². The fourth-order valence-corrected chi connectivity index (χ4v) is 3.62. The van der Waals surface area contributed by atoms with Crippen LogP contribution in [0.2, 0.25) is 0 Å². The predicted molar refractivity (Wildman–Crippen MR) is 98.8 cm³/mol. The Morgan fingerprint density at radius 1 is 1.33 bits per heavy atom. The molecule has 2 unspecified atom stereocenters. The molecular weight excluding hydrogens is 300 g/mol. The fraction of sp³-hybridized carbons (Fsp3) is 0.632. The third-order valence-electron chi connectivity index (χ3n) is 4.90. The van der Waals surface area contributed by atoms with Crippen molar-refractivity contribution in [1.82, 2.24) is 15.5 Å². The first-order valence-corrected chi connectivity index (χ1v) is 9.16. The highest BCUT2D eigenvalue weighted by Gasteiger charge is 2.22. The maximum atomic E-state index is 5.96. The average Bonchev–Trinajstić information content (AvgIpc) is 3.01. The molecule has 3 rings (SSSR count). The number of hydrogen-bond donors (Lipinski definition) is 2. The molecule has 2 N–H and O–H groups in total. The van der Waals surface area contributed by atoms with Gasteiger partial charge in [-0.15, -0.1) is 0 Å². The van der Waals surface area contributed by atoms with Crippen LogP contribution in [0.4, 0.5) is 0 Å². The summed E-state index contributed by atoms with van der Waals surface area (Å²) in [6, 6.07) is 8.28. The Morgan fingerprint density at radius 3 is 3.00 bits per heavy atom. The van der Waals surface area contributed by atoms with Crippen LogP contribution in [0.5, 0.6) is 5.75 Å². The van der Waals surface area contributed by atoms with E-state index in [2.05, 4.69) is 39.6 Å². The summed E-state index contributed by atoms with van der Waals surface area (Å²) in [6.07, 6.45) is 3.85. The van der Waals surface area contributed by atoms with E-state index in [1.807, 2.05) is 19.2 Å². The minimum Gasteiger partial charge on any atom is -0.488 e. The van der Waals surface area contributed by atoms with Crippen molar-refractivity contribution in [2.24, 2.45) is 10.9 Å². The number of piperidine rings is 1. The molecule has 0 amide bonds. The number of aliphatic imine (C=N–C) groups is 1. The van der Waals surface area contributed by atoms with Crippen LogP contribution in [0.15, 0.2) is 29.3 Å². The van der Waals surface area contributed by atoms with Crippen LogP contribution in [-0.2, 0) is 6.42 Å². The SMILES string of the molecule is CN=C(NCCN1CCCC(C)C1)NCC1Cc2ccccc2O1. The molecule has 0 saturated carbocycles. The van der Waals surface area contributed by atoms with Gasteiger partial charge in [0, 0.05) is 33.1 Å². The van der Waals surface area contributed by atoms with Crippen molar-refractivity contribution in [2.75, 3.05) is 39.8 Å². The van der Waals surface area contributed by atoms with E-state index in [1.54, 1.807) is 0 Å². The zero-order valence-electron chi connectivity index (χ0n) is 14.9. The molecule has 2 aliphatic rings. The molecule has 2 heterocycles. The van der Waals surface area contributed by atoms with Gasteiger partial charge in [-0.3, -0.25) is 4.99 Å². The highest BCUT2D eigenvalue weighted by Crippen LogP contribution is 2.27. The largest absolute Gasteiger partial charge is 0.488 e. The van der Waals surface area contributed by atoms with Crippen molar-refractivity contribution in [1.29, 1.82) is 0 Å². The Morgan fingerprint density at radius 2 is 2.21 bits per heavy atom. The number of nitrogens with one attached hydrogen (secondary N) is 2. The second-order valence-corrected chi connectivity index (χ2v) is 6.98. The molecule has 0 radical (unpaired) electrons. The molecule has 0 aliphatic carbocycles. The molecular formula is C19H30N4O. The summed E-state index contributed by atoms with van der Waals surface area (Å²) in [5.74, 6) is 2.71. The minimum atomic E-state index is 0.184. The number of benzene rings is 1. The summed E-state index contributed by atoms with van der Waals surface area (Å²) in [6.45, 7) is 7.58. The van der Waals surface area contributed by atoms with Crippen LogP contribution in [0, 0.1) is 5.92 Å². The van der Waals surface area contributed by atoms with Crippen molar-refractivity contribution < 1.29 is 4.74 Å². The molecule has 2 aliphatic heterocycles. The summed E-state index contributed by atoms with van der Waals surface area (Å²) >= 11 is 0. The van der Waals surface area contributed by atoms with E-state index >= 15 is 0 Å². The summed E-state index contributed by atoms with van der Waals surface area (Å²) in [4.78, 5) is 6.86. The minimum absolute atomic E-state index is 0.184. The van der Waals surface area contributed by atoms with E-state index in [0.29, 0.717) is 0 Å². The first kappa shape index (κ1) is 17.1. The first-order chi connectivity index (χ1) is 11.7. The lowest BCUT2D eigenvalue weighted by Crippen LogP contribution is -2.45. The lowest BCUT2D eigenvalue weighted by molar-refractivity contribution is 0.186. The number of ether oxygens (including phenoxy) is 1. The van der Waals surface area contributed by atoms with E-state index in [4.69, 9.17) is 4.74 Å². The van der Waals surface area contributed by atoms with Crippen LogP contribution in [-0.4, -0.2) is 56.7 Å². The predicted octanol–water partition coefficient (Wildman–Crippen LogP) is 1.89. The number of likely N-dealkylation sites (tertiary alicyclic amines) is 1. The normalized spacial score (nSPS) is 24.3. The van der Waals surface area contributed by atoms with E-state index in [1.165, 1.54) is 31.5 Å². The zero-order chi connectivity index (χ0) is 16.8. The highest BCUT2D eigenvalue weighted by atomic mass is 16.5. The summed E-state index contributed by atoms with van der Waals surface area (Å²) < 4.78 is 5.96. The maximum absolute atomic E-state index is 5.96. The van der Waals surface area contributed by atoms with Gasteiger partial charge in [0.1, 0.15) is 11.9 Å². The van der Waals surface area contributed by atoms with Gasteiger partial charge in [0.15, 0.2) is 5.96 Å². The van der Waals surface area contributed by atoms with E-state index in [-0.39, 0.29) is 6.10 Å². The lowest BCUT2D eigenvalue weighted by atomic mass is 10.0. The standard InChI is InChI=1S/C19H30N4O/c1-15-6-5-10-23(14-15)11-9-21-19(20-2)22-13-17-12-16-7-3-4-8-18(16)24-17/h3-4,7-8,15,17H,5-6,9-14H2,1-2H3,(H2,20,21,22). The molecule has 0 aromatic heterocycles. The summed E-state index contributed by atoms with van der Waals surface area (Å²) in [7, 11) is 1.82. The summed E-state index contributed by atoms with van der Waals surface area (Å²) in [5.41, 5.74) is 1.30. The number of fused-ring (bicyclic) bond motifs is 1. The molecule has 1 aromatic rings. The number of para-hydroxylation sites is 1. The molecule has 24 heavy (non-hydrogen) atoms. The van der Waals surface area contributed by atoms with E-state index in [0.717, 1.165) is 43.7 Å². The fourth-order valence-electron chi connectivity index (χ4n) is 3.62. The van der Waals surface area contributed by atoms with Gasteiger partial charge in [0.2, 0.25) is 0 Å². The average molecular weight is 330 g/mol. The second-order valence-electron chi connectivity index (χ2n) is 6.98. The smallest absolute Gasteiger partial charge is 0.191 e. The first-order valence-electron chi connectivity index (χ1n) is 9.16. The van der Waals surface area contributed by atoms with Gasteiger partial charge in [0.05, 0.1) is 6.54 Å². The lowest BCUT2D eigenvalue weighted by Gasteiger charge is -2.30. The quantitative estimate of drug-likeness (QED) is 0.639. The van der Waals surface area contributed by atoms with Crippen LogP contribution in [0.1, 0.15) is 25.3 Å². The van der Waals surface area contributed by atoms with Gasteiger partial charge in [-0.1, -0.05) is 25.1 Å². The summed E-state index contributed by atoms with van der Waals surface area (Å²) in [5, 5.41) is 6.81. The van der Waals surface area contributed by atoms with Crippen molar-refractivity contribution in [3.05, 3.63) is 29.8 Å². The molecule has 5 heteroatoms. The van der Waals surface area contributed by atoms with Gasteiger partial charge in [-0.05, 0) is 36.9 Å². The Balaban J connectivity index is 1.35. The van der Waals surface area contributed by atoms with Crippen molar-refractivity contribution in [2.45, 2.75) is 32.3 Å². The number of rotatable bonds is 5. The molecule has 1 fully saturated rings. The second kappa shape index (κ2) is 8.38. The molecule has 0 spiro atoms. The van der Waals surface area contributed by atoms with Crippen LogP contribution in [0.25, 0.3) is 0 Å². The molecule has 1 aromatic carbocycles. The Labute approximate surface area is 145 Å². The van der Waals surface area contributed by atoms with Crippen molar-refractivity contribution in [3.63, 3.8) is 0 Å². The van der Waals surface area contributed by atoms with Gasteiger partial charge in [-0.25, -0.2) is 0 Å². The Hall–Kier alpha value is -1.75. The molecule has 1 saturated heterocycles. The van der Waals surface area contributed by atoms with Crippen LogP contribution < -0.4 is 15.4 Å². The van der Waals surface area contributed by atoms with Gasteiger partial charge in [0.25, 0.3) is 0 Å². The molecule has 2 atom stereocenters. The van der Waals surface area contributed by atoms with Gasteiger partial charge in [-0.2, -0.15) is 0 Å². The topological polar surface area (TPSA) is 48.9 Å². The monoisotopic (exact) mass is 330 g/mol. The Bertz CT molecular complexity index is 535. The van der Waals surface area contributed by atoms with Gasteiger partial charge >= 0.3 is 0 Å². The molecule has 5 nitrogen and oxygen atoms in total. The number of guanidine groups is 1. The molecule has 0 bridgehead atoms. The van der Waals surface area contributed by atoms with Gasteiger partial charge < -0.3 is 20.3 Å². The number of nitrogens with zero attached hydrogens (tertiary/aromatic N) is 2. The maximum Gasteiger partial charge on any atom is 0.191 e. The van der Waals surface area contributed by atoms with Crippen LogP contribution >= 0.6 is 0 Å². The Kier molecular flexibility index (Phi) is 5.96. The molecule has 132 valence electrons. The third-order valence-corrected chi connectivity index (χ3v) is 4.90. The van der Waals surface area contributed by atoms with Crippen molar-refractivity contribution >= 4 is 5.96 Å². The van der Waals surface area contributed by atoms with E-state index < -0.39 is 0 Å².